The number of benzene rings is 2. The third-order valence-corrected chi connectivity index (χ3v) is 5.72. The highest BCUT2D eigenvalue weighted by molar-refractivity contribution is 6.36. The third-order valence-electron chi connectivity index (χ3n) is 5.18. The summed E-state index contributed by atoms with van der Waals surface area (Å²) in [4.78, 5) is 4.53. The molecule has 0 saturated carbocycles. The second-order valence-corrected chi connectivity index (χ2v) is 7.60. The minimum atomic E-state index is 0.260. The van der Waals surface area contributed by atoms with Crippen molar-refractivity contribution in [1.82, 2.24) is 4.98 Å². The summed E-state index contributed by atoms with van der Waals surface area (Å²) >= 11 is 12.6. The zero-order valence-electron chi connectivity index (χ0n) is 14.5. The van der Waals surface area contributed by atoms with E-state index in [1.54, 1.807) is 12.1 Å². The summed E-state index contributed by atoms with van der Waals surface area (Å²) in [5, 5.41) is 10.8. The molecule has 1 atom stereocenters. The fourth-order valence-electron chi connectivity index (χ4n) is 3.89. The van der Waals surface area contributed by atoms with Crippen molar-refractivity contribution in [3.8, 4) is 17.2 Å². The molecule has 0 bridgehead atoms. The van der Waals surface area contributed by atoms with Crippen LogP contribution in [0.2, 0.25) is 10.0 Å². The SMILES string of the molecule is N#Cc1c(N)nc2c(c1-c1ccc(Cl)cc1Cl)CC(c1ccccc1)CC2. The Morgan fingerprint density at radius 1 is 1.11 bits per heavy atom. The van der Waals surface area contributed by atoms with Gasteiger partial charge in [0.1, 0.15) is 17.5 Å². The molecule has 1 aromatic heterocycles. The average molecular weight is 394 g/mol. The van der Waals surface area contributed by atoms with Crippen LogP contribution < -0.4 is 5.73 Å². The number of hydrogen-bond acceptors (Lipinski definition) is 3. The maximum Gasteiger partial charge on any atom is 0.142 e. The molecule has 1 aliphatic rings. The fraction of sp³-hybridized carbons (Fsp3) is 0.182. The molecule has 0 radical (unpaired) electrons. The van der Waals surface area contributed by atoms with Gasteiger partial charge < -0.3 is 5.73 Å². The van der Waals surface area contributed by atoms with Crippen molar-refractivity contribution in [2.45, 2.75) is 25.2 Å². The van der Waals surface area contributed by atoms with Gasteiger partial charge in [-0.1, -0.05) is 59.6 Å². The maximum atomic E-state index is 9.75. The molecule has 2 N–H and O–H groups in total. The predicted molar refractivity (Wildman–Crippen MR) is 110 cm³/mol. The van der Waals surface area contributed by atoms with Crippen LogP contribution in [0.5, 0.6) is 0 Å². The Hall–Kier alpha value is -2.54. The van der Waals surface area contributed by atoms with E-state index in [9.17, 15) is 5.26 Å². The number of fused-ring (bicyclic) bond motifs is 1. The second-order valence-electron chi connectivity index (χ2n) is 6.76. The van der Waals surface area contributed by atoms with Crippen molar-refractivity contribution in [2.24, 2.45) is 0 Å². The summed E-state index contributed by atoms with van der Waals surface area (Å²) in [5.74, 6) is 0.635. The molecule has 3 aromatic rings. The van der Waals surface area contributed by atoms with E-state index in [0.717, 1.165) is 41.6 Å². The van der Waals surface area contributed by atoms with Gasteiger partial charge in [0.15, 0.2) is 0 Å². The van der Waals surface area contributed by atoms with Crippen molar-refractivity contribution in [3.05, 3.63) is 81.0 Å². The Morgan fingerprint density at radius 3 is 2.59 bits per heavy atom. The average Bonchev–Trinajstić information content (AvgIpc) is 2.68. The van der Waals surface area contributed by atoms with Crippen LogP contribution in [0.3, 0.4) is 0 Å². The van der Waals surface area contributed by atoms with Gasteiger partial charge in [-0.2, -0.15) is 5.26 Å². The number of rotatable bonds is 2. The van der Waals surface area contributed by atoms with E-state index in [2.05, 4.69) is 35.3 Å². The van der Waals surface area contributed by atoms with Crippen LogP contribution in [0.4, 0.5) is 5.82 Å². The van der Waals surface area contributed by atoms with Gasteiger partial charge in [-0.3, -0.25) is 0 Å². The Balaban J connectivity index is 1.91. The molecule has 27 heavy (non-hydrogen) atoms. The lowest BCUT2D eigenvalue weighted by Gasteiger charge is -2.28. The number of hydrogen-bond donors (Lipinski definition) is 1. The van der Waals surface area contributed by atoms with Crippen LogP contribution in [0.1, 0.15) is 34.7 Å². The lowest BCUT2D eigenvalue weighted by atomic mass is 9.78. The van der Waals surface area contributed by atoms with E-state index in [1.807, 2.05) is 12.1 Å². The summed E-state index contributed by atoms with van der Waals surface area (Å²) in [6.07, 6.45) is 2.63. The maximum absolute atomic E-state index is 9.75. The van der Waals surface area contributed by atoms with E-state index in [1.165, 1.54) is 5.56 Å². The smallest absolute Gasteiger partial charge is 0.142 e. The van der Waals surface area contributed by atoms with E-state index in [-0.39, 0.29) is 5.82 Å². The highest BCUT2D eigenvalue weighted by Gasteiger charge is 2.28. The number of anilines is 1. The van der Waals surface area contributed by atoms with E-state index < -0.39 is 0 Å². The molecule has 1 aliphatic carbocycles. The number of pyridine rings is 1. The van der Waals surface area contributed by atoms with Gasteiger partial charge in [0.05, 0.1) is 0 Å². The van der Waals surface area contributed by atoms with Gasteiger partial charge in [0.2, 0.25) is 0 Å². The van der Waals surface area contributed by atoms with Gasteiger partial charge in [-0.25, -0.2) is 4.98 Å². The van der Waals surface area contributed by atoms with Crippen molar-refractivity contribution in [3.63, 3.8) is 0 Å². The van der Waals surface area contributed by atoms with Crippen molar-refractivity contribution >= 4 is 29.0 Å². The number of aryl methyl sites for hydroxylation is 1. The molecule has 0 spiro atoms. The largest absolute Gasteiger partial charge is 0.383 e. The zero-order chi connectivity index (χ0) is 19.0. The number of nitriles is 1. The minimum absolute atomic E-state index is 0.260. The molecule has 134 valence electrons. The molecular formula is C22H17Cl2N3. The van der Waals surface area contributed by atoms with Gasteiger partial charge in [-0.15, -0.1) is 0 Å². The van der Waals surface area contributed by atoms with Gasteiger partial charge in [-0.05, 0) is 48.4 Å². The quantitative estimate of drug-likeness (QED) is 0.599. The Bertz CT molecular complexity index is 1060. The number of nitrogens with two attached hydrogens (primary N) is 1. The molecule has 1 heterocycles. The van der Waals surface area contributed by atoms with Crippen LogP contribution in [0.15, 0.2) is 48.5 Å². The first kappa shape index (κ1) is 17.9. The molecule has 3 nitrogen and oxygen atoms in total. The molecule has 0 aliphatic heterocycles. The Morgan fingerprint density at radius 2 is 1.89 bits per heavy atom. The highest BCUT2D eigenvalue weighted by atomic mass is 35.5. The van der Waals surface area contributed by atoms with Crippen LogP contribution in [-0.4, -0.2) is 4.98 Å². The first-order chi connectivity index (χ1) is 13.1. The fourth-order valence-corrected chi connectivity index (χ4v) is 4.39. The summed E-state index contributed by atoms with van der Waals surface area (Å²) in [6, 6.07) is 18.0. The van der Waals surface area contributed by atoms with Crippen LogP contribution in [0, 0.1) is 11.3 Å². The second kappa shape index (κ2) is 7.23. The molecule has 2 aromatic carbocycles. The number of nitrogen functional groups attached to an aromatic ring is 1. The standard InChI is InChI=1S/C22H17Cl2N3/c23-15-7-8-16(19(24)11-15)21-17-10-14(13-4-2-1-3-5-13)6-9-20(17)27-22(26)18(21)12-25/h1-5,7-8,11,14H,6,9-10H2,(H2,26,27). The highest BCUT2D eigenvalue weighted by Crippen LogP contribution is 2.42. The van der Waals surface area contributed by atoms with Crippen LogP contribution in [-0.2, 0) is 12.8 Å². The van der Waals surface area contributed by atoms with Crippen molar-refractivity contribution in [1.29, 1.82) is 5.26 Å². The molecule has 1 unspecified atom stereocenters. The number of nitrogens with zero attached hydrogens (tertiary/aromatic N) is 2. The van der Waals surface area contributed by atoms with E-state index in [0.29, 0.717) is 21.5 Å². The number of aromatic nitrogens is 1. The van der Waals surface area contributed by atoms with Crippen molar-refractivity contribution < 1.29 is 0 Å². The summed E-state index contributed by atoms with van der Waals surface area (Å²) in [7, 11) is 0. The Kier molecular flexibility index (Phi) is 4.78. The molecular weight excluding hydrogens is 377 g/mol. The Labute approximate surface area is 168 Å². The summed E-state index contributed by atoms with van der Waals surface area (Å²) in [5.41, 5.74) is 11.4. The molecule has 0 saturated heterocycles. The first-order valence-corrected chi connectivity index (χ1v) is 9.55. The monoisotopic (exact) mass is 393 g/mol. The van der Waals surface area contributed by atoms with E-state index in [4.69, 9.17) is 28.9 Å². The molecule has 0 fully saturated rings. The van der Waals surface area contributed by atoms with Crippen molar-refractivity contribution in [2.75, 3.05) is 5.73 Å². The normalized spacial score (nSPS) is 15.8. The molecule has 0 amide bonds. The molecule has 4 rings (SSSR count). The first-order valence-electron chi connectivity index (χ1n) is 8.80. The van der Waals surface area contributed by atoms with Gasteiger partial charge in [0, 0.05) is 26.9 Å². The predicted octanol–water partition coefficient (Wildman–Crippen LogP) is 5.78. The lowest BCUT2D eigenvalue weighted by molar-refractivity contribution is 0.576. The van der Waals surface area contributed by atoms with Gasteiger partial charge in [0.25, 0.3) is 0 Å². The van der Waals surface area contributed by atoms with E-state index >= 15 is 0 Å². The summed E-state index contributed by atoms with van der Waals surface area (Å²) < 4.78 is 0. The summed E-state index contributed by atoms with van der Waals surface area (Å²) in [6.45, 7) is 0. The molecule has 5 heteroatoms. The lowest BCUT2D eigenvalue weighted by Crippen LogP contribution is -2.17. The third kappa shape index (κ3) is 3.27. The minimum Gasteiger partial charge on any atom is -0.383 e. The van der Waals surface area contributed by atoms with Gasteiger partial charge >= 0.3 is 0 Å². The van der Waals surface area contributed by atoms with Crippen LogP contribution in [0.25, 0.3) is 11.1 Å². The number of halogens is 2. The topological polar surface area (TPSA) is 62.7 Å². The zero-order valence-corrected chi connectivity index (χ0v) is 16.1. The van der Waals surface area contributed by atoms with Crippen LogP contribution >= 0.6 is 23.2 Å².